The predicted molar refractivity (Wildman–Crippen MR) is 80.0 cm³/mol. The lowest BCUT2D eigenvalue weighted by atomic mass is 10.1. The van der Waals surface area contributed by atoms with Crippen molar-refractivity contribution in [1.29, 1.82) is 0 Å². The summed E-state index contributed by atoms with van der Waals surface area (Å²) in [5.74, 6) is -1.65. The van der Waals surface area contributed by atoms with Gasteiger partial charge in [-0.2, -0.15) is 4.72 Å². The Hall–Kier alpha value is -1.87. The molecule has 9 heteroatoms. The Balaban J connectivity index is 3.08. The van der Waals surface area contributed by atoms with Crippen molar-refractivity contribution in [3.63, 3.8) is 0 Å². The Labute approximate surface area is 129 Å². The molecule has 1 atom stereocenters. The van der Waals surface area contributed by atoms with Gasteiger partial charge in [0.15, 0.2) is 0 Å². The van der Waals surface area contributed by atoms with Crippen LogP contribution in [-0.2, 0) is 21.9 Å². The first-order valence-corrected chi connectivity index (χ1v) is 8.20. The maximum Gasteiger partial charge on any atom is 0.321 e. The number of sulfonamides is 1. The third-order valence-corrected chi connectivity index (χ3v) is 4.49. The molecule has 124 valence electrons. The highest BCUT2D eigenvalue weighted by molar-refractivity contribution is 7.89. The minimum atomic E-state index is -4.03. The second-order valence-corrected chi connectivity index (χ2v) is 7.11. The number of nitrogens with one attached hydrogen (secondary N) is 2. The third kappa shape index (κ3) is 4.31. The molecule has 0 saturated carbocycles. The molecule has 3 N–H and O–H groups in total. The normalized spacial score (nSPS) is 13.1. The summed E-state index contributed by atoms with van der Waals surface area (Å²) in [6.07, 6.45) is 1.44. The van der Waals surface area contributed by atoms with Gasteiger partial charge in [-0.25, -0.2) is 8.42 Å². The number of hydrogen-bond donors (Lipinski definition) is 3. The van der Waals surface area contributed by atoms with E-state index in [0.717, 1.165) is 0 Å². The van der Waals surface area contributed by atoms with Gasteiger partial charge in [0.05, 0.1) is 0 Å². The number of aliphatic carboxylic acids is 1. The van der Waals surface area contributed by atoms with E-state index in [9.17, 15) is 18.0 Å². The Morgan fingerprint density at radius 3 is 2.41 bits per heavy atom. The molecule has 0 aliphatic carbocycles. The van der Waals surface area contributed by atoms with Crippen molar-refractivity contribution in [1.82, 2.24) is 14.6 Å². The molecule has 1 amide bonds. The van der Waals surface area contributed by atoms with Gasteiger partial charge in [-0.1, -0.05) is 13.8 Å². The van der Waals surface area contributed by atoms with E-state index in [2.05, 4.69) is 10.0 Å². The van der Waals surface area contributed by atoms with Crippen LogP contribution in [0.5, 0.6) is 0 Å². The van der Waals surface area contributed by atoms with Crippen molar-refractivity contribution < 1.29 is 23.1 Å². The SMILES string of the molecule is CNC(=O)c1cc(S(=O)(=O)NC(CC(C)C)C(=O)O)cn1C. The van der Waals surface area contributed by atoms with Gasteiger partial charge in [0.2, 0.25) is 10.0 Å². The number of aryl methyl sites for hydroxylation is 1. The monoisotopic (exact) mass is 331 g/mol. The molecule has 1 heterocycles. The number of hydrogen-bond acceptors (Lipinski definition) is 4. The molecule has 0 aliphatic rings. The molecule has 0 aromatic carbocycles. The van der Waals surface area contributed by atoms with Gasteiger partial charge >= 0.3 is 5.97 Å². The van der Waals surface area contributed by atoms with Gasteiger partial charge in [0.25, 0.3) is 5.91 Å². The molecule has 0 radical (unpaired) electrons. The molecule has 22 heavy (non-hydrogen) atoms. The standard InChI is InChI=1S/C13H21N3O5S/c1-8(2)5-10(13(18)19)15-22(20,21)9-6-11(12(17)14-3)16(4)7-9/h6-8,10,15H,5H2,1-4H3,(H,14,17)(H,18,19). The zero-order valence-electron chi connectivity index (χ0n) is 13.0. The smallest absolute Gasteiger partial charge is 0.321 e. The van der Waals surface area contributed by atoms with Crippen LogP contribution >= 0.6 is 0 Å². The van der Waals surface area contributed by atoms with Crippen LogP contribution in [0, 0.1) is 5.92 Å². The van der Waals surface area contributed by atoms with E-state index < -0.39 is 27.9 Å². The number of amides is 1. The predicted octanol–water partition coefficient (Wildman–Crippen LogP) is 0.162. The summed E-state index contributed by atoms with van der Waals surface area (Å²) in [7, 11) is -1.06. The fraction of sp³-hybridized carbons (Fsp3) is 0.538. The fourth-order valence-electron chi connectivity index (χ4n) is 1.96. The second-order valence-electron chi connectivity index (χ2n) is 5.39. The first-order chi connectivity index (χ1) is 10.1. The lowest BCUT2D eigenvalue weighted by Crippen LogP contribution is -2.41. The Morgan fingerprint density at radius 1 is 1.36 bits per heavy atom. The lowest BCUT2D eigenvalue weighted by molar-refractivity contribution is -0.139. The van der Waals surface area contributed by atoms with Crippen LogP contribution in [0.2, 0.25) is 0 Å². The highest BCUT2D eigenvalue weighted by Crippen LogP contribution is 2.15. The fourth-order valence-corrected chi connectivity index (χ4v) is 3.23. The summed E-state index contributed by atoms with van der Waals surface area (Å²) < 4.78 is 28.1. The van der Waals surface area contributed by atoms with Crippen molar-refractivity contribution in [2.75, 3.05) is 7.05 Å². The summed E-state index contributed by atoms with van der Waals surface area (Å²) in [5, 5.41) is 11.5. The van der Waals surface area contributed by atoms with Gasteiger partial charge in [-0.3, -0.25) is 9.59 Å². The molecule has 8 nitrogen and oxygen atoms in total. The van der Waals surface area contributed by atoms with Crippen LogP contribution < -0.4 is 10.0 Å². The highest BCUT2D eigenvalue weighted by Gasteiger charge is 2.27. The van der Waals surface area contributed by atoms with Crippen LogP contribution in [0.15, 0.2) is 17.2 Å². The minimum Gasteiger partial charge on any atom is -0.480 e. The van der Waals surface area contributed by atoms with Gasteiger partial charge < -0.3 is 15.0 Å². The van der Waals surface area contributed by atoms with Crippen LogP contribution in [0.3, 0.4) is 0 Å². The van der Waals surface area contributed by atoms with E-state index in [1.54, 1.807) is 13.8 Å². The Morgan fingerprint density at radius 2 is 1.95 bits per heavy atom. The minimum absolute atomic E-state index is 0.0148. The van der Waals surface area contributed by atoms with Crippen LogP contribution in [0.1, 0.15) is 30.8 Å². The molecule has 1 unspecified atom stereocenters. The van der Waals surface area contributed by atoms with E-state index in [4.69, 9.17) is 5.11 Å². The van der Waals surface area contributed by atoms with Crippen molar-refractivity contribution in [2.24, 2.45) is 13.0 Å². The third-order valence-electron chi connectivity index (χ3n) is 3.05. The number of nitrogens with zero attached hydrogens (tertiary/aromatic N) is 1. The Kier molecular flexibility index (Phi) is 5.72. The number of rotatable bonds is 7. The number of carbonyl (C=O) groups is 2. The van der Waals surface area contributed by atoms with Gasteiger partial charge in [0, 0.05) is 20.3 Å². The molecule has 0 bridgehead atoms. The van der Waals surface area contributed by atoms with Gasteiger partial charge in [-0.15, -0.1) is 0 Å². The van der Waals surface area contributed by atoms with E-state index >= 15 is 0 Å². The largest absolute Gasteiger partial charge is 0.480 e. The molecule has 1 rings (SSSR count). The van der Waals surface area contributed by atoms with Crippen molar-refractivity contribution >= 4 is 21.9 Å². The lowest BCUT2D eigenvalue weighted by Gasteiger charge is -2.15. The molecule has 0 fully saturated rings. The summed E-state index contributed by atoms with van der Waals surface area (Å²) >= 11 is 0. The van der Waals surface area contributed by atoms with E-state index in [1.165, 1.54) is 30.9 Å². The number of aromatic nitrogens is 1. The topological polar surface area (TPSA) is 118 Å². The number of carboxylic acids is 1. The molecule has 0 spiro atoms. The highest BCUT2D eigenvalue weighted by atomic mass is 32.2. The summed E-state index contributed by atoms with van der Waals surface area (Å²) in [5.41, 5.74) is 0.165. The summed E-state index contributed by atoms with van der Waals surface area (Å²) in [4.78, 5) is 22.6. The van der Waals surface area contributed by atoms with Gasteiger partial charge in [-0.05, 0) is 18.4 Å². The molecular weight excluding hydrogens is 310 g/mol. The second kappa shape index (κ2) is 6.93. The maximum atomic E-state index is 12.3. The average molecular weight is 331 g/mol. The van der Waals surface area contributed by atoms with Crippen molar-refractivity contribution in [3.05, 3.63) is 18.0 Å². The van der Waals surface area contributed by atoms with Crippen LogP contribution in [0.4, 0.5) is 0 Å². The average Bonchev–Trinajstić information content (AvgIpc) is 2.79. The molecular formula is C13H21N3O5S. The van der Waals surface area contributed by atoms with Crippen molar-refractivity contribution in [2.45, 2.75) is 31.2 Å². The summed E-state index contributed by atoms with van der Waals surface area (Å²) in [6, 6.07) is -0.0104. The zero-order chi connectivity index (χ0) is 17.1. The van der Waals surface area contributed by atoms with E-state index in [1.807, 2.05) is 0 Å². The zero-order valence-corrected chi connectivity index (χ0v) is 13.8. The first kappa shape index (κ1) is 18.2. The van der Waals surface area contributed by atoms with Crippen LogP contribution in [0.25, 0.3) is 0 Å². The Bertz CT molecular complexity index is 663. The summed E-state index contributed by atoms with van der Waals surface area (Å²) in [6.45, 7) is 3.60. The first-order valence-electron chi connectivity index (χ1n) is 6.72. The quantitative estimate of drug-likeness (QED) is 0.658. The van der Waals surface area contributed by atoms with E-state index in [-0.39, 0.29) is 22.9 Å². The number of carbonyl (C=O) groups excluding carboxylic acids is 1. The molecule has 1 aromatic heterocycles. The van der Waals surface area contributed by atoms with E-state index in [0.29, 0.717) is 0 Å². The molecule has 0 aliphatic heterocycles. The number of carboxylic acid groups (broad SMARTS) is 1. The van der Waals surface area contributed by atoms with Crippen molar-refractivity contribution in [3.8, 4) is 0 Å². The molecule has 1 aromatic rings. The van der Waals surface area contributed by atoms with Gasteiger partial charge in [0.1, 0.15) is 16.6 Å². The van der Waals surface area contributed by atoms with Crippen LogP contribution in [-0.4, -0.2) is 43.1 Å². The molecule has 0 saturated heterocycles. The maximum absolute atomic E-state index is 12.3.